The molecule has 1 aliphatic rings. The fraction of sp³-hybridized carbons (Fsp3) is 0.263. The molecule has 1 saturated heterocycles. The van der Waals surface area contributed by atoms with E-state index in [1.807, 2.05) is 18.2 Å². The predicted octanol–water partition coefficient (Wildman–Crippen LogP) is 4.41. The Kier molecular flexibility index (Phi) is 4.45. The summed E-state index contributed by atoms with van der Waals surface area (Å²) in [5.41, 5.74) is 3.27. The summed E-state index contributed by atoms with van der Waals surface area (Å²) >= 11 is 1.73. The lowest BCUT2D eigenvalue weighted by atomic mass is 10.1. The Morgan fingerprint density at radius 1 is 1.24 bits per heavy atom. The molecule has 3 unspecified atom stereocenters. The van der Waals surface area contributed by atoms with Crippen LogP contribution in [0.2, 0.25) is 0 Å². The molecule has 4 rings (SSSR count). The van der Waals surface area contributed by atoms with Crippen LogP contribution in [0.1, 0.15) is 17.4 Å². The van der Waals surface area contributed by atoms with E-state index in [1.54, 1.807) is 25.1 Å². The summed E-state index contributed by atoms with van der Waals surface area (Å²) in [7, 11) is 0.684. The summed E-state index contributed by atoms with van der Waals surface area (Å²) in [6.45, 7) is 2.07. The zero-order chi connectivity index (χ0) is 17.6. The summed E-state index contributed by atoms with van der Waals surface area (Å²) < 4.78 is 22.4. The molecule has 1 aromatic heterocycles. The molecule has 0 spiro atoms. The minimum atomic E-state index is -0.979. The van der Waals surface area contributed by atoms with Crippen LogP contribution in [0.25, 0.3) is 10.9 Å². The molecule has 3 aromatic rings. The van der Waals surface area contributed by atoms with Crippen molar-refractivity contribution in [2.45, 2.75) is 34.0 Å². The number of methoxy groups -OCH3 is 1. The number of benzene rings is 2. The first-order valence-corrected chi connectivity index (χ1v) is 10.4. The van der Waals surface area contributed by atoms with Gasteiger partial charge in [-0.1, -0.05) is 30.0 Å². The normalized spacial score (nSPS) is 20.8. The van der Waals surface area contributed by atoms with Crippen molar-refractivity contribution in [2.24, 2.45) is 0 Å². The summed E-state index contributed by atoms with van der Waals surface area (Å²) in [4.78, 5) is 6.60. The van der Waals surface area contributed by atoms with E-state index in [0.717, 1.165) is 32.0 Å². The van der Waals surface area contributed by atoms with Gasteiger partial charge in [-0.05, 0) is 36.8 Å². The Balaban J connectivity index is 1.66. The van der Waals surface area contributed by atoms with Gasteiger partial charge in [-0.15, -0.1) is 0 Å². The van der Waals surface area contributed by atoms with E-state index in [9.17, 15) is 4.21 Å². The van der Waals surface area contributed by atoms with Crippen molar-refractivity contribution >= 4 is 33.5 Å². The van der Waals surface area contributed by atoms with Crippen molar-refractivity contribution in [3.63, 3.8) is 0 Å². The number of aromatic nitrogens is 1. The summed E-state index contributed by atoms with van der Waals surface area (Å²) in [6.07, 6.45) is 1.62. The summed E-state index contributed by atoms with van der Waals surface area (Å²) in [6, 6.07) is 14.3. The minimum Gasteiger partial charge on any atom is -0.358 e. The smallest absolute Gasteiger partial charge is 0.188 e. The van der Waals surface area contributed by atoms with E-state index in [2.05, 4.69) is 36.2 Å². The second-order valence-electron chi connectivity index (χ2n) is 6.08. The van der Waals surface area contributed by atoms with E-state index in [-0.39, 0.29) is 12.4 Å². The maximum Gasteiger partial charge on any atom is 0.188 e. The number of rotatable bonds is 5. The zero-order valence-electron chi connectivity index (χ0n) is 14.2. The zero-order valence-corrected chi connectivity index (χ0v) is 15.9. The first-order chi connectivity index (χ1) is 12.1. The molecule has 0 amide bonds. The third-order valence-corrected chi connectivity index (χ3v) is 6.46. The standard InChI is InChI=1S/C19H19NO3S2/c1-11-18(15-8-7-14(25(3)21)10-16(15)20-11)24-13-6-4-5-12(9-13)17-19(22-2)23-17/h4-10,17,19-20H,1-3H3. The lowest BCUT2D eigenvalue weighted by molar-refractivity contribution is 0.0950. The maximum absolute atomic E-state index is 11.7. The van der Waals surface area contributed by atoms with E-state index in [0.29, 0.717) is 0 Å². The van der Waals surface area contributed by atoms with Crippen LogP contribution in [0.3, 0.4) is 0 Å². The number of fused-ring (bicyclic) bond motifs is 1. The second-order valence-corrected chi connectivity index (χ2v) is 8.54. The van der Waals surface area contributed by atoms with Crippen LogP contribution in [0, 0.1) is 6.92 Å². The Morgan fingerprint density at radius 3 is 2.80 bits per heavy atom. The molecule has 4 nitrogen and oxygen atoms in total. The molecular formula is C19H19NO3S2. The van der Waals surface area contributed by atoms with Gasteiger partial charge in [-0.2, -0.15) is 0 Å². The van der Waals surface area contributed by atoms with Crippen LogP contribution in [0.15, 0.2) is 57.2 Å². The number of aryl methyl sites for hydroxylation is 1. The fourth-order valence-corrected chi connectivity index (χ4v) is 4.60. The maximum atomic E-state index is 11.7. The van der Waals surface area contributed by atoms with E-state index >= 15 is 0 Å². The van der Waals surface area contributed by atoms with E-state index < -0.39 is 10.8 Å². The number of aromatic amines is 1. The highest BCUT2D eigenvalue weighted by molar-refractivity contribution is 7.99. The molecule has 1 N–H and O–H groups in total. The number of epoxide rings is 1. The third kappa shape index (κ3) is 3.27. The average Bonchev–Trinajstić information content (AvgIpc) is 3.34. The highest BCUT2D eigenvalue weighted by atomic mass is 32.2. The van der Waals surface area contributed by atoms with Crippen LogP contribution in [0.5, 0.6) is 0 Å². The molecule has 2 aromatic carbocycles. The van der Waals surface area contributed by atoms with Crippen LogP contribution in [-0.2, 0) is 20.3 Å². The molecule has 130 valence electrons. The molecule has 25 heavy (non-hydrogen) atoms. The quantitative estimate of drug-likeness (QED) is 0.673. The van der Waals surface area contributed by atoms with Crippen LogP contribution >= 0.6 is 11.8 Å². The van der Waals surface area contributed by atoms with Crippen molar-refractivity contribution in [3.8, 4) is 0 Å². The SMILES string of the molecule is COC1OC1c1cccc(Sc2c(C)[nH]c3cc(S(C)=O)ccc23)c1. The van der Waals surface area contributed by atoms with Gasteiger partial charge in [0.25, 0.3) is 0 Å². The fourth-order valence-electron chi connectivity index (χ4n) is 2.98. The van der Waals surface area contributed by atoms with Gasteiger partial charge in [0.1, 0.15) is 6.10 Å². The van der Waals surface area contributed by atoms with Crippen molar-refractivity contribution in [3.05, 3.63) is 53.7 Å². The van der Waals surface area contributed by atoms with Crippen molar-refractivity contribution in [1.82, 2.24) is 4.98 Å². The Morgan fingerprint density at radius 2 is 2.08 bits per heavy atom. The number of hydrogen-bond acceptors (Lipinski definition) is 4. The Labute approximate surface area is 153 Å². The van der Waals surface area contributed by atoms with Crippen molar-refractivity contribution in [2.75, 3.05) is 13.4 Å². The molecule has 1 aliphatic heterocycles. The average molecular weight is 373 g/mol. The molecular weight excluding hydrogens is 354 g/mol. The second kappa shape index (κ2) is 6.61. The molecule has 3 atom stereocenters. The first-order valence-electron chi connectivity index (χ1n) is 7.98. The monoisotopic (exact) mass is 373 g/mol. The van der Waals surface area contributed by atoms with Gasteiger partial charge in [0.15, 0.2) is 6.29 Å². The number of ether oxygens (including phenoxy) is 2. The number of nitrogens with one attached hydrogen (secondary N) is 1. The topological polar surface area (TPSA) is 54.6 Å². The van der Waals surface area contributed by atoms with E-state index in [4.69, 9.17) is 9.47 Å². The van der Waals surface area contributed by atoms with Gasteiger partial charge in [0.2, 0.25) is 0 Å². The number of hydrogen-bond donors (Lipinski definition) is 1. The molecule has 0 aliphatic carbocycles. The summed E-state index contributed by atoms with van der Waals surface area (Å²) in [5, 5.41) is 1.15. The van der Waals surface area contributed by atoms with Gasteiger partial charge in [0, 0.05) is 55.4 Å². The Hall–Kier alpha value is -1.60. The molecule has 0 radical (unpaired) electrons. The first kappa shape index (κ1) is 16.8. The molecule has 0 bridgehead atoms. The van der Waals surface area contributed by atoms with Crippen molar-refractivity contribution < 1.29 is 13.7 Å². The van der Waals surface area contributed by atoms with Gasteiger partial charge >= 0.3 is 0 Å². The van der Waals surface area contributed by atoms with Gasteiger partial charge in [-0.3, -0.25) is 4.21 Å². The highest BCUT2D eigenvalue weighted by Crippen LogP contribution is 2.42. The van der Waals surface area contributed by atoms with Crippen LogP contribution < -0.4 is 0 Å². The highest BCUT2D eigenvalue weighted by Gasteiger charge is 2.40. The summed E-state index contributed by atoms with van der Waals surface area (Å²) in [5.74, 6) is 0. The lowest BCUT2D eigenvalue weighted by Crippen LogP contribution is -1.90. The van der Waals surface area contributed by atoms with Crippen molar-refractivity contribution in [1.29, 1.82) is 0 Å². The third-order valence-electron chi connectivity index (χ3n) is 4.32. The number of H-pyrrole nitrogens is 1. The van der Waals surface area contributed by atoms with Gasteiger partial charge in [0.05, 0.1) is 0 Å². The lowest BCUT2D eigenvalue weighted by Gasteiger charge is -2.04. The van der Waals surface area contributed by atoms with Gasteiger partial charge in [-0.25, -0.2) is 0 Å². The predicted molar refractivity (Wildman–Crippen MR) is 101 cm³/mol. The molecule has 2 heterocycles. The van der Waals surface area contributed by atoms with Crippen LogP contribution in [-0.4, -0.2) is 28.8 Å². The van der Waals surface area contributed by atoms with Crippen LogP contribution in [0.4, 0.5) is 0 Å². The molecule has 0 saturated carbocycles. The van der Waals surface area contributed by atoms with Gasteiger partial charge < -0.3 is 14.5 Å². The molecule has 1 fully saturated rings. The molecule has 6 heteroatoms. The van der Waals surface area contributed by atoms with E-state index in [1.165, 1.54) is 4.90 Å². The Bertz CT molecular complexity index is 966. The minimum absolute atomic E-state index is 0.0386. The largest absolute Gasteiger partial charge is 0.358 e.